The predicted molar refractivity (Wildman–Crippen MR) is 165 cm³/mol. The minimum absolute atomic E-state index is 0.105. The fourth-order valence-corrected chi connectivity index (χ4v) is 7.81. The number of rotatable bonds is 5. The largest absolute Gasteiger partial charge is 0.460 e. The number of esters is 1. The molecular weight excluding hydrogens is 560 g/mol. The number of hydrogen-bond acceptors (Lipinski definition) is 8. The minimum Gasteiger partial charge on any atom is -0.460 e. The number of piperidine rings is 2. The average Bonchev–Trinajstić information content (AvgIpc) is 3.43. The number of pyridine rings is 2. The van der Waals surface area contributed by atoms with Crippen LogP contribution in [0.25, 0.3) is 22.3 Å². The third kappa shape index (κ3) is 4.53. The minimum atomic E-state index is -1.27. The first-order valence-corrected chi connectivity index (χ1v) is 16.1. The van der Waals surface area contributed by atoms with Gasteiger partial charge in [-0.25, -0.2) is 9.78 Å². The van der Waals surface area contributed by atoms with Crippen LogP contribution in [-0.4, -0.2) is 75.3 Å². The summed E-state index contributed by atoms with van der Waals surface area (Å²) >= 11 is 0. The number of ether oxygens (including phenoxy) is 2. The van der Waals surface area contributed by atoms with Crippen molar-refractivity contribution in [2.75, 3.05) is 32.8 Å². The number of benzene rings is 1. The average molecular weight is 601 g/mol. The second-order valence-electron chi connectivity index (χ2n) is 12.6. The zero-order valence-corrected chi connectivity index (χ0v) is 25.6. The Morgan fingerprint density at radius 3 is 2.55 bits per heavy atom. The van der Waals surface area contributed by atoms with Crippen molar-refractivity contribution in [1.82, 2.24) is 19.4 Å². The van der Waals surface area contributed by atoms with E-state index in [-0.39, 0.29) is 18.3 Å². The lowest BCUT2D eigenvalue weighted by Crippen LogP contribution is -2.48. The van der Waals surface area contributed by atoms with Gasteiger partial charge >= 0.3 is 12.1 Å². The maximum absolute atomic E-state index is 13.7. The molecule has 1 amide bonds. The summed E-state index contributed by atoms with van der Waals surface area (Å²) in [5.74, 6) is -0.0293. The van der Waals surface area contributed by atoms with Crippen molar-refractivity contribution in [3.8, 4) is 17.1 Å². The molecule has 44 heavy (non-hydrogen) atoms. The molecule has 1 atom stereocenters. The summed E-state index contributed by atoms with van der Waals surface area (Å²) in [6.45, 7) is 7.43. The number of fused-ring (bicyclic) bond motifs is 5. The molecule has 6 heterocycles. The summed E-state index contributed by atoms with van der Waals surface area (Å²) in [7, 11) is 0. The molecule has 1 aromatic carbocycles. The van der Waals surface area contributed by atoms with Gasteiger partial charge in [-0.2, -0.15) is 0 Å². The number of nitrogens with zero attached hydrogens (tertiary/aromatic N) is 4. The molecule has 0 unspecified atom stereocenters. The Hall–Kier alpha value is -3.76. The van der Waals surface area contributed by atoms with Gasteiger partial charge in [-0.15, -0.1) is 0 Å². The summed E-state index contributed by atoms with van der Waals surface area (Å²) in [5, 5.41) is 11.2. The van der Waals surface area contributed by atoms with Crippen LogP contribution >= 0.6 is 0 Å². The van der Waals surface area contributed by atoms with E-state index in [1.807, 2.05) is 30.0 Å². The van der Waals surface area contributed by atoms with Crippen LogP contribution in [-0.2, 0) is 34.5 Å². The summed E-state index contributed by atoms with van der Waals surface area (Å²) in [6.07, 6.45) is 6.50. The number of aromatic nitrogens is 2. The lowest BCUT2D eigenvalue weighted by atomic mass is 9.75. The van der Waals surface area contributed by atoms with E-state index in [9.17, 15) is 19.5 Å². The van der Waals surface area contributed by atoms with Gasteiger partial charge in [-0.05, 0) is 87.0 Å². The summed E-state index contributed by atoms with van der Waals surface area (Å²) in [6, 6.07) is 7.93. The molecule has 0 bridgehead atoms. The Balaban J connectivity index is 1.17. The van der Waals surface area contributed by atoms with Gasteiger partial charge in [0.1, 0.15) is 17.8 Å². The number of aliphatic hydroxyl groups is 1. The molecule has 3 aromatic rings. The highest BCUT2D eigenvalue weighted by Crippen LogP contribution is 2.41. The van der Waals surface area contributed by atoms with E-state index in [0.717, 1.165) is 34.9 Å². The standard InChI is InChI=1S/C34H40N4O6/c1-3-23-24-16-22(44-33(42)37-14-10-21(11-15-37)36-12-6-5-7-13-36)8-9-28(24)35-30-25(23)18-38-29(30)17-27-26(31(38)40)19-43-32(41)34(27,4-2)20-39/h8-9,16-17,21,39H,3-7,10-15,18-20H2,1-2H3/t34-/m0/s1. The van der Waals surface area contributed by atoms with Crippen LogP contribution in [0.3, 0.4) is 0 Å². The number of aliphatic hydroxyl groups excluding tert-OH is 1. The van der Waals surface area contributed by atoms with Crippen LogP contribution < -0.4 is 10.3 Å². The van der Waals surface area contributed by atoms with Crippen molar-refractivity contribution in [1.29, 1.82) is 0 Å². The van der Waals surface area contributed by atoms with Crippen molar-refractivity contribution >= 4 is 23.0 Å². The van der Waals surface area contributed by atoms with E-state index in [1.165, 1.54) is 32.4 Å². The zero-order valence-electron chi connectivity index (χ0n) is 25.6. The van der Waals surface area contributed by atoms with Gasteiger partial charge < -0.3 is 28.9 Å². The maximum Gasteiger partial charge on any atom is 0.415 e. The fraction of sp³-hybridized carbons (Fsp3) is 0.529. The zero-order chi connectivity index (χ0) is 30.6. The second-order valence-corrected chi connectivity index (χ2v) is 12.6. The molecule has 0 radical (unpaired) electrons. The Bertz CT molecular complexity index is 1700. The molecule has 0 spiro atoms. The van der Waals surface area contributed by atoms with Gasteiger partial charge in [-0.3, -0.25) is 9.59 Å². The molecule has 4 aliphatic rings. The number of aryl methyl sites for hydroxylation is 1. The molecule has 0 saturated carbocycles. The van der Waals surface area contributed by atoms with E-state index < -0.39 is 18.0 Å². The van der Waals surface area contributed by atoms with Gasteiger partial charge in [0.15, 0.2) is 0 Å². The van der Waals surface area contributed by atoms with Gasteiger partial charge in [0.2, 0.25) is 0 Å². The Morgan fingerprint density at radius 1 is 1.07 bits per heavy atom. The van der Waals surface area contributed by atoms with Crippen LogP contribution in [0.1, 0.15) is 74.6 Å². The number of hydrogen-bond donors (Lipinski definition) is 1. The van der Waals surface area contributed by atoms with E-state index >= 15 is 0 Å². The molecule has 2 saturated heterocycles. The second kappa shape index (κ2) is 11.3. The normalized spacial score (nSPS) is 22.0. The molecule has 2 fully saturated rings. The molecular formula is C34H40N4O6. The number of cyclic esters (lactones) is 1. The number of carbonyl (C=O) groups is 2. The van der Waals surface area contributed by atoms with Crippen molar-refractivity contribution < 1.29 is 24.2 Å². The van der Waals surface area contributed by atoms with E-state index in [2.05, 4.69) is 11.8 Å². The molecule has 232 valence electrons. The van der Waals surface area contributed by atoms with Gasteiger partial charge in [0, 0.05) is 30.1 Å². The van der Waals surface area contributed by atoms with Crippen molar-refractivity contribution in [2.24, 2.45) is 0 Å². The van der Waals surface area contributed by atoms with Crippen molar-refractivity contribution in [3.05, 3.63) is 56.9 Å². The molecule has 2 aromatic heterocycles. The monoisotopic (exact) mass is 600 g/mol. The summed E-state index contributed by atoms with van der Waals surface area (Å²) in [5.41, 5.74) is 3.53. The first-order chi connectivity index (χ1) is 21.4. The van der Waals surface area contributed by atoms with Crippen molar-refractivity contribution in [3.63, 3.8) is 0 Å². The molecule has 10 heteroatoms. The number of amides is 1. The van der Waals surface area contributed by atoms with Crippen LogP contribution in [0.2, 0.25) is 0 Å². The predicted octanol–water partition coefficient (Wildman–Crippen LogP) is 4.13. The molecule has 0 aliphatic carbocycles. The van der Waals surface area contributed by atoms with Gasteiger partial charge in [0.05, 0.1) is 35.6 Å². The number of likely N-dealkylation sites (tertiary alicyclic amines) is 2. The highest BCUT2D eigenvalue weighted by molar-refractivity contribution is 5.90. The molecule has 4 aliphatic heterocycles. The quantitative estimate of drug-likeness (QED) is 0.340. The third-order valence-corrected chi connectivity index (χ3v) is 10.5. The van der Waals surface area contributed by atoms with Crippen LogP contribution in [0.4, 0.5) is 4.79 Å². The number of carbonyl (C=O) groups excluding carboxylic acids is 2. The Morgan fingerprint density at radius 2 is 1.84 bits per heavy atom. The third-order valence-electron chi connectivity index (χ3n) is 10.5. The highest BCUT2D eigenvalue weighted by Gasteiger charge is 2.46. The van der Waals surface area contributed by atoms with Crippen molar-refractivity contribution in [2.45, 2.75) is 83.4 Å². The Kier molecular flexibility index (Phi) is 7.45. The smallest absolute Gasteiger partial charge is 0.415 e. The first kappa shape index (κ1) is 29.0. The lowest BCUT2D eigenvalue weighted by molar-refractivity contribution is -0.156. The Labute approximate surface area is 256 Å². The topological polar surface area (TPSA) is 114 Å². The molecule has 7 rings (SSSR count). The van der Waals surface area contributed by atoms with Gasteiger partial charge in [-0.1, -0.05) is 20.3 Å². The first-order valence-electron chi connectivity index (χ1n) is 16.1. The summed E-state index contributed by atoms with van der Waals surface area (Å²) in [4.78, 5) is 49.1. The van der Waals surface area contributed by atoms with E-state index in [0.29, 0.717) is 66.8 Å². The molecule has 1 N–H and O–H groups in total. The SMILES string of the molecule is CCc1c2c(nc3ccc(OC(=O)N4CCC(N5CCCCC5)CC4)cc13)-c1cc3c(c(=O)n1C2)COC(=O)[C@@]3(CC)CO. The van der Waals surface area contributed by atoms with Gasteiger partial charge in [0.25, 0.3) is 5.56 Å². The fourth-order valence-electron chi connectivity index (χ4n) is 7.81. The van der Waals surface area contributed by atoms with Crippen LogP contribution in [0.5, 0.6) is 5.75 Å². The lowest BCUT2D eigenvalue weighted by Gasteiger charge is -2.39. The van der Waals surface area contributed by atoms with Crippen LogP contribution in [0.15, 0.2) is 29.1 Å². The highest BCUT2D eigenvalue weighted by atomic mass is 16.6. The summed E-state index contributed by atoms with van der Waals surface area (Å²) < 4.78 is 13.0. The maximum atomic E-state index is 13.7. The van der Waals surface area contributed by atoms with E-state index in [4.69, 9.17) is 14.5 Å². The van der Waals surface area contributed by atoms with E-state index in [1.54, 1.807) is 10.6 Å². The molecule has 10 nitrogen and oxygen atoms in total. The van der Waals surface area contributed by atoms with Crippen LogP contribution in [0, 0.1) is 0 Å².